The average Bonchev–Trinajstić information content (AvgIpc) is 4.00. The van der Waals surface area contributed by atoms with E-state index in [9.17, 15) is 49.8 Å². The largest absolute Gasteiger partial charge is 0.481 e. The third-order valence-corrected chi connectivity index (χ3v) is 15.1. The highest BCUT2D eigenvalue weighted by molar-refractivity contribution is 5.80. The number of carboxylic acid groups (broad SMARTS) is 2. The molecule has 19 nitrogen and oxygen atoms in total. The van der Waals surface area contributed by atoms with E-state index in [-0.39, 0.29) is 69.7 Å². The van der Waals surface area contributed by atoms with Gasteiger partial charge in [-0.25, -0.2) is 14.4 Å². The van der Waals surface area contributed by atoms with Gasteiger partial charge in [0.15, 0.2) is 6.10 Å². The van der Waals surface area contributed by atoms with Crippen molar-refractivity contribution in [2.75, 3.05) is 79.2 Å². The molecular formula is C59H80N2O17. The number of amides is 2. The van der Waals surface area contributed by atoms with Crippen molar-refractivity contribution in [3.8, 4) is 22.3 Å². The first-order valence-electron chi connectivity index (χ1n) is 26.8. The van der Waals surface area contributed by atoms with Gasteiger partial charge in [-0.1, -0.05) is 132 Å². The number of hydrogen-bond donors (Lipinski definition) is 9. The Morgan fingerprint density at radius 2 is 0.821 bits per heavy atom. The molecule has 2 unspecified atom stereocenters. The first-order valence-corrected chi connectivity index (χ1v) is 26.8. The molecule has 0 spiro atoms. The van der Waals surface area contributed by atoms with Crippen LogP contribution in [-0.2, 0) is 38.0 Å². The first-order chi connectivity index (χ1) is 37.4. The Balaban J connectivity index is 0.000000287. The number of carboxylic acids is 2. The molecule has 0 fully saturated rings. The van der Waals surface area contributed by atoms with Gasteiger partial charge in [-0.3, -0.25) is 4.79 Å². The van der Waals surface area contributed by atoms with Crippen LogP contribution in [0, 0.1) is 29.6 Å². The molecule has 19 heteroatoms. The Kier molecular flexibility index (Phi) is 25.9. The maximum Gasteiger partial charge on any atom is 0.407 e. The number of carbonyl (C=O) groups excluding carboxylic acids is 2. The second-order valence-electron chi connectivity index (χ2n) is 20.0. The second kappa shape index (κ2) is 32.2. The van der Waals surface area contributed by atoms with E-state index < -0.39 is 54.6 Å². The summed E-state index contributed by atoms with van der Waals surface area (Å²) in [4.78, 5) is 46.3. The SMILES string of the molecule is CC(CCOCCOCCNC(=O)OCC1c2ccccc2-c2ccccc21)[C@H](C)[C@@H](C)[C@@H](C)[C@H](C)C(=O)O.O=C(NCCOCCOCCC(O)[C@H](O)[C@@H](O)[C@@H](O)[C@H](O)C(=O)O)OCC1c2ccccc2-c2ccccc21. The van der Waals surface area contributed by atoms with E-state index in [4.69, 9.17) is 33.5 Å². The fourth-order valence-electron chi connectivity index (χ4n) is 9.74. The quantitative estimate of drug-likeness (QED) is 0.0252. The molecule has 428 valence electrons. The summed E-state index contributed by atoms with van der Waals surface area (Å²) in [5.41, 5.74) is 9.34. The van der Waals surface area contributed by atoms with E-state index in [0.29, 0.717) is 57.3 Å². The van der Waals surface area contributed by atoms with Crippen LogP contribution >= 0.6 is 0 Å². The Morgan fingerprint density at radius 3 is 1.21 bits per heavy atom. The molecule has 78 heavy (non-hydrogen) atoms. The number of benzene rings is 4. The number of ether oxygens (including phenoxy) is 6. The van der Waals surface area contributed by atoms with E-state index in [1.807, 2.05) is 67.6 Å². The van der Waals surface area contributed by atoms with Crippen molar-refractivity contribution in [2.24, 2.45) is 29.6 Å². The summed E-state index contributed by atoms with van der Waals surface area (Å²) in [5.74, 6) is -1.55. The number of aliphatic hydroxyl groups excluding tert-OH is 5. The first kappa shape index (κ1) is 62.8. The molecule has 0 radical (unpaired) electrons. The van der Waals surface area contributed by atoms with E-state index in [2.05, 4.69) is 67.8 Å². The molecule has 6 rings (SSSR count). The molecule has 2 aliphatic carbocycles. The molecule has 0 saturated carbocycles. The zero-order valence-electron chi connectivity index (χ0n) is 45.3. The van der Waals surface area contributed by atoms with Crippen molar-refractivity contribution in [3.63, 3.8) is 0 Å². The van der Waals surface area contributed by atoms with Gasteiger partial charge in [0.05, 0.1) is 51.7 Å². The third-order valence-electron chi connectivity index (χ3n) is 15.1. The van der Waals surface area contributed by atoms with Crippen molar-refractivity contribution < 1.29 is 83.3 Å². The van der Waals surface area contributed by atoms with Gasteiger partial charge in [0.2, 0.25) is 0 Å². The second-order valence-corrected chi connectivity index (χ2v) is 20.0. The average molecular weight is 1090 g/mol. The zero-order chi connectivity index (χ0) is 56.7. The van der Waals surface area contributed by atoms with E-state index >= 15 is 0 Å². The molecule has 2 amide bonds. The van der Waals surface area contributed by atoms with Gasteiger partial charge >= 0.3 is 24.1 Å². The number of hydrogen-bond acceptors (Lipinski definition) is 15. The van der Waals surface area contributed by atoms with Crippen LogP contribution in [0.1, 0.15) is 81.5 Å². The van der Waals surface area contributed by atoms with Gasteiger partial charge < -0.3 is 74.8 Å². The van der Waals surface area contributed by atoms with Crippen molar-refractivity contribution in [1.29, 1.82) is 0 Å². The van der Waals surface area contributed by atoms with Crippen LogP contribution < -0.4 is 10.6 Å². The molecule has 0 aliphatic heterocycles. The molecular weight excluding hydrogens is 1010 g/mol. The summed E-state index contributed by atoms with van der Waals surface area (Å²) < 4.78 is 32.9. The zero-order valence-corrected chi connectivity index (χ0v) is 45.3. The smallest absolute Gasteiger partial charge is 0.407 e. The normalized spacial score (nSPS) is 16.4. The van der Waals surface area contributed by atoms with E-state index in [0.717, 1.165) is 28.7 Å². The highest BCUT2D eigenvalue weighted by Gasteiger charge is 2.37. The number of rotatable bonds is 32. The summed E-state index contributed by atoms with van der Waals surface area (Å²) in [6, 6.07) is 32.7. The maximum atomic E-state index is 12.2. The Morgan fingerprint density at radius 1 is 0.449 bits per heavy atom. The van der Waals surface area contributed by atoms with Crippen LogP contribution in [0.25, 0.3) is 22.3 Å². The monoisotopic (exact) mass is 1090 g/mol. The molecule has 4 aromatic rings. The molecule has 0 bridgehead atoms. The van der Waals surface area contributed by atoms with Crippen LogP contribution in [0.4, 0.5) is 9.59 Å². The Hall–Kier alpha value is -6.00. The minimum absolute atomic E-state index is 0.0239. The molecule has 2 aliphatic rings. The number of aliphatic hydroxyl groups is 5. The minimum atomic E-state index is -2.31. The summed E-state index contributed by atoms with van der Waals surface area (Å²) >= 11 is 0. The van der Waals surface area contributed by atoms with Gasteiger partial charge in [-0.2, -0.15) is 0 Å². The number of aliphatic carboxylic acids is 2. The summed E-state index contributed by atoms with van der Waals surface area (Å²) in [6.07, 6.45) is -10.2. The summed E-state index contributed by atoms with van der Waals surface area (Å²) in [5, 5.41) is 71.5. The maximum absolute atomic E-state index is 12.2. The number of carbonyl (C=O) groups is 4. The number of fused-ring (bicyclic) bond motifs is 6. The van der Waals surface area contributed by atoms with Gasteiger partial charge in [0, 0.05) is 38.1 Å². The number of alkyl carbamates (subject to hydrolysis) is 2. The predicted molar refractivity (Wildman–Crippen MR) is 290 cm³/mol. The van der Waals surface area contributed by atoms with Crippen molar-refractivity contribution in [3.05, 3.63) is 119 Å². The topological polar surface area (TPSA) is 289 Å². The van der Waals surface area contributed by atoms with Gasteiger partial charge in [0.1, 0.15) is 31.5 Å². The van der Waals surface area contributed by atoms with Crippen LogP contribution in [0.15, 0.2) is 97.1 Å². The van der Waals surface area contributed by atoms with Crippen LogP contribution in [0.3, 0.4) is 0 Å². The number of nitrogens with one attached hydrogen (secondary N) is 2. The highest BCUT2D eigenvalue weighted by atomic mass is 16.6. The van der Waals surface area contributed by atoms with E-state index in [1.54, 1.807) is 6.92 Å². The standard InChI is InChI=1S/C32H45NO6.C27H35NO11/c1-21(22(2)23(3)24(4)25(5)31(34)35)14-16-37-18-19-38-17-15-33-32(36)39-20-30-28-12-8-6-10-26(28)27-11-7-9-13-29(27)30;29-21(22(30)23(31)24(32)25(33)26(34)35)9-11-37-13-14-38-12-10-28-27(36)39-15-20-18-7-3-1-5-16(18)17-6-2-4-8-19(17)20/h6-13,21-25,30H,14-20H2,1-5H3,(H,33,36)(H,34,35);1-8,20-25,29-33H,9-15H2,(H,28,36)(H,34,35)/t2*21?,22-,23+,24+,25-/m00/s1. The van der Waals surface area contributed by atoms with Gasteiger partial charge in [-0.15, -0.1) is 0 Å². The fraction of sp³-hybridized carbons (Fsp3) is 0.525. The summed E-state index contributed by atoms with van der Waals surface area (Å²) in [6.45, 7) is 14.0. The molecule has 0 heterocycles. The lowest BCUT2D eigenvalue weighted by molar-refractivity contribution is -0.168. The Labute approximate surface area is 456 Å². The van der Waals surface area contributed by atoms with Crippen LogP contribution in [0.2, 0.25) is 0 Å². The lowest BCUT2D eigenvalue weighted by Crippen LogP contribution is -2.51. The van der Waals surface area contributed by atoms with E-state index in [1.165, 1.54) is 22.3 Å². The van der Waals surface area contributed by atoms with Crippen molar-refractivity contribution >= 4 is 24.1 Å². The summed E-state index contributed by atoms with van der Waals surface area (Å²) in [7, 11) is 0. The fourth-order valence-corrected chi connectivity index (χ4v) is 9.74. The van der Waals surface area contributed by atoms with Crippen molar-refractivity contribution in [1.82, 2.24) is 10.6 Å². The third kappa shape index (κ3) is 18.0. The predicted octanol–water partition coefficient (Wildman–Crippen LogP) is 6.05. The van der Waals surface area contributed by atoms with Crippen LogP contribution in [-0.4, -0.2) is 170 Å². The molecule has 9 N–H and O–H groups in total. The molecule has 10 atom stereocenters. The molecule has 4 aromatic carbocycles. The molecule has 0 aromatic heterocycles. The molecule has 0 saturated heterocycles. The lowest BCUT2D eigenvalue weighted by atomic mass is 9.73. The van der Waals surface area contributed by atoms with Gasteiger partial charge in [-0.05, 0) is 81.0 Å². The lowest BCUT2D eigenvalue weighted by Gasteiger charge is -2.32. The van der Waals surface area contributed by atoms with Crippen molar-refractivity contribution in [2.45, 2.75) is 89.8 Å². The Bertz CT molecular complexity index is 2230. The highest BCUT2D eigenvalue weighted by Crippen LogP contribution is 2.46. The van der Waals surface area contributed by atoms with Gasteiger partial charge in [0.25, 0.3) is 0 Å². The minimum Gasteiger partial charge on any atom is -0.481 e. The van der Waals surface area contributed by atoms with Crippen LogP contribution in [0.5, 0.6) is 0 Å².